The van der Waals surface area contributed by atoms with Crippen LogP contribution in [0.4, 0.5) is 5.82 Å². The maximum Gasteiger partial charge on any atom is 0.129 e. The first kappa shape index (κ1) is 11.5. The molecule has 0 aliphatic heterocycles. The number of halogens is 1. The van der Waals surface area contributed by atoms with E-state index in [1.54, 1.807) is 22.6 Å². The zero-order chi connectivity index (χ0) is 11.7. The van der Waals surface area contributed by atoms with Crippen molar-refractivity contribution in [1.29, 1.82) is 0 Å². The van der Waals surface area contributed by atoms with Crippen molar-refractivity contribution in [3.63, 3.8) is 0 Å². The van der Waals surface area contributed by atoms with Gasteiger partial charge in [0.25, 0.3) is 0 Å². The number of nitrogens with zero attached hydrogens (tertiary/aromatic N) is 2. The molecule has 2 rings (SSSR count). The maximum absolute atomic E-state index is 5.94. The molecule has 0 spiro atoms. The first-order valence-electron chi connectivity index (χ1n) is 4.75. The molecule has 1 aromatic heterocycles. The molecule has 0 unspecified atom stereocenters. The first-order valence-corrected chi connectivity index (χ1v) is 6.76. The summed E-state index contributed by atoms with van der Waals surface area (Å²) in [6, 6.07) is 6.21. The third kappa shape index (κ3) is 1.97. The van der Waals surface area contributed by atoms with Crippen molar-refractivity contribution in [3.05, 3.63) is 28.9 Å². The van der Waals surface area contributed by atoms with Crippen LogP contribution in [0.15, 0.2) is 33.8 Å². The van der Waals surface area contributed by atoms with Crippen LogP contribution in [-0.4, -0.2) is 16.0 Å². The number of aryl methyl sites for hydroxylation is 1. The van der Waals surface area contributed by atoms with Gasteiger partial charge in [0.2, 0.25) is 0 Å². The van der Waals surface area contributed by atoms with E-state index in [9.17, 15) is 0 Å². The van der Waals surface area contributed by atoms with Gasteiger partial charge in [0, 0.05) is 22.0 Å². The third-order valence-corrected chi connectivity index (χ3v) is 4.16. The quantitative estimate of drug-likeness (QED) is 0.866. The molecule has 0 aliphatic rings. The van der Waals surface area contributed by atoms with E-state index in [2.05, 4.69) is 45.5 Å². The van der Waals surface area contributed by atoms with Gasteiger partial charge in [-0.1, -0.05) is 6.07 Å². The SMILES string of the molecule is CSc1ccc(-c2cnn(C)c2N)cc1Br. The number of nitrogens with two attached hydrogens (primary N) is 1. The Morgan fingerprint density at radius 3 is 2.69 bits per heavy atom. The van der Waals surface area contributed by atoms with Crippen LogP contribution in [0.25, 0.3) is 11.1 Å². The summed E-state index contributed by atoms with van der Waals surface area (Å²) < 4.78 is 2.76. The van der Waals surface area contributed by atoms with E-state index in [0.29, 0.717) is 5.82 Å². The Morgan fingerprint density at radius 1 is 1.44 bits per heavy atom. The summed E-state index contributed by atoms with van der Waals surface area (Å²) in [7, 11) is 1.84. The highest BCUT2D eigenvalue weighted by Gasteiger charge is 2.08. The van der Waals surface area contributed by atoms with E-state index in [0.717, 1.165) is 15.6 Å². The van der Waals surface area contributed by atoms with Crippen molar-refractivity contribution in [1.82, 2.24) is 9.78 Å². The summed E-state index contributed by atoms with van der Waals surface area (Å²) in [6.07, 6.45) is 3.84. The van der Waals surface area contributed by atoms with Crippen LogP contribution >= 0.6 is 27.7 Å². The minimum Gasteiger partial charge on any atom is -0.383 e. The zero-order valence-electron chi connectivity index (χ0n) is 9.07. The highest BCUT2D eigenvalue weighted by atomic mass is 79.9. The Balaban J connectivity index is 2.49. The number of thioether (sulfide) groups is 1. The van der Waals surface area contributed by atoms with Crippen LogP contribution in [0.1, 0.15) is 0 Å². The Bertz CT molecular complexity index is 522. The number of nitrogen functional groups attached to an aromatic ring is 1. The highest BCUT2D eigenvalue weighted by molar-refractivity contribution is 9.10. The molecule has 1 heterocycles. The van der Waals surface area contributed by atoms with Gasteiger partial charge in [-0.3, -0.25) is 4.68 Å². The van der Waals surface area contributed by atoms with E-state index >= 15 is 0 Å². The summed E-state index contributed by atoms with van der Waals surface area (Å²) >= 11 is 5.26. The largest absolute Gasteiger partial charge is 0.383 e. The molecule has 1 aromatic carbocycles. The average Bonchev–Trinajstić information content (AvgIpc) is 2.60. The standard InChI is InChI=1S/C11H12BrN3S/c1-15-11(13)8(6-14-15)7-3-4-10(16-2)9(12)5-7/h3-6H,13H2,1-2H3. The lowest BCUT2D eigenvalue weighted by Gasteiger charge is -2.05. The lowest BCUT2D eigenvalue weighted by molar-refractivity contribution is 0.779. The second-order valence-electron chi connectivity index (χ2n) is 3.42. The van der Waals surface area contributed by atoms with Crippen LogP contribution in [0.5, 0.6) is 0 Å². The minimum atomic E-state index is 0.684. The van der Waals surface area contributed by atoms with Gasteiger partial charge in [0.05, 0.1) is 6.20 Å². The van der Waals surface area contributed by atoms with Gasteiger partial charge in [-0.25, -0.2) is 0 Å². The topological polar surface area (TPSA) is 43.8 Å². The van der Waals surface area contributed by atoms with Crippen molar-refractivity contribution in [2.24, 2.45) is 7.05 Å². The van der Waals surface area contributed by atoms with Crippen molar-refractivity contribution in [2.45, 2.75) is 4.90 Å². The van der Waals surface area contributed by atoms with E-state index in [4.69, 9.17) is 5.73 Å². The molecule has 0 saturated heterocycles. The summed E-state index contributed by atoms with van der Waals surface area (Å²) in [6.45, 7) is 0. The molecule has 0 fully saturated rings. The summed E-state index contributed by atoms with van der Waals surface area (Å²) in [5.74, 6) is 0.684. The molecule has 0 saturated carbocycles. The molecule has 84 valence electrons. The molecule has 0 bridgehead atoms. The molecule has 0 radical (unpaired) electrons. The molecule has 2 N–H and O–H groups in total. The summed E-state index contributed by atoms with van der Waals surface area (Å²) in [5, 5.41) is 4.14. The normalized spacial score (nSPS) is 10.7. The Kier molecular flexibility index (Phi) is 3.25. The van der Waals surface area contributed by atoms with Gasteiger partial charge < -0.3 is 5.73 Å². The summed E-state index contributed by atoms with van der Waals surface area (Å²) in [5.41, 5.74) is 7.98. The van der Waals surface area contributed by atoms with Crippen molar-refractivity contribution < 1.29 is 0 Å². The minimum absolute atomic E-state index is 0.684. The number of hydrogen-bond acceptors (Lipinski definition) is 3. The smallest absolute Gasteiger partial charge is 0.129 e. The average molecular weight is 298 g/mol. The van der Waals surface area contributed by atoms with E-state index in [1.165, 1.54) is 4.90 Å². The number of rotatable bonds is 2. The molecule has 5 heteroatoms. The molecule has 16 heavy (non-hydrogen) atoms. The monoisotopic (exact) mass is 297 g/mol. The molecule has 2 aromatic rings. The molecule has 0 amide bonds. The van der Waals surface area contributed by atoms with Crippen LogP contribution in [0.3, 0.4) is 0 Å². The predicted octanol–water partition coefficient (Wildman–Crippen LogP) is 3.15. The van der Waals surface area contributed by atoms with Gasteiger partial charge in [-0.15, -0.1) is 11.8 Å². The maximum atomic E-state index is 5.94. The van der Waals surface area contributed by atoms with Crippen molar-refractivity contribution in [2.75, 3.05) is 12.0 Å². The molecule has 0 aliphatic carbocycles. The third-order valence-electron chi connectivity index (χ3n) is 2.45. The van der Waals surface area contributed by atoms with Crippen molar-refractivity contribution in [3.8, 4) is 11.1 Å². The summed E-state index contributed by atoms with van der Waals surface area (Å²) in [4.78, 5) is 1.21. The fourth-order valence-corrected chi connectivity index (χ4v) is 2.83. The Morgan fingerprint density at radius 2 is 2.19 bits per heavy atom. The number of aromatic nitrogens is 2. The van der Waals surface area contributed by atoms with Crippen LogP contribution in [-0.2, 0) is 7.05 Å². The van der Waals surface area contributed by atoms with Crippen LogP contribution in [0.2, 0.25) is 0 Å². The van der Waals surface area contributed by atoms with Crippen LogP contribution < -0.4 is 5.73 Å². The zero-order valence-corrected chi connectivity index (χ0v) is 11.5. The number of anilines is 1. The van der Waals surface area contributed by atoms with Gasteiger partial charge in [0.1, 0.15) is 5.82 Å². The van der Waals surface area contributed by atoms with Crippen LogP contribution in [0, 0.1) is 0 Å². The van der Waals surface area contributed by atoms with E-state index in [1.807, 2.05) is 7.05 Å². The lowest BCUT2D eigenvalue weighted by atomic mass is 10.1. The lowest BCUT2D eigenvalue weighted by Crippen LogP contribution is -1.98. The highest BCUT2D eigenvalue weighted by Crippen LogP contribution is 2.32. The van der Waals surface area contributed by atoms with E-state index < -0.39 is 0 Å². The van der Waals surface area contributed by atoms with Gasteiger partial charge in [-0.05, 0) is 39.9 Å². The van der Waals surface area contributed by atoms with Gasteiger partial charge in [-0.2, -0.15) is 5.10 Å². The number of benzene rings is 1. The molecular formula is C11H12BrN3S. The van der Waals surface area contributed by atoms with Gasteiger partial charge >= 0.3 is 0 Å². The second kappa shape index (κ2) is 4.51. The Hall–Kier alpha value is -0.940. The Labute approximate surface area is 107 Å². The van der Waals surface area contributed by atoms with Crippen molar-refractivity contribution >= 4 is 33.5 Å². The molecular weight excluding hydrogens is 286 g/mol. The first-order chi connectivity index (χ1) is 7.63. The second-order valence-corrected chi connectivity index (χ2v) is 5.12. The predicted molar refractivity (Wildman–Crippen MR) is 72.5 cm³/mol. The fraction of sp³-hybridized carbons (Fsp3) is 0.182. The molecule has 0 atom stereocenters. The fourth-order valence-electron chi connectivity index (χ4n) is 1.50. The van der Waals surface area contributed by atoms with Gasteiger partial charge in [0.15, 0.2) is 0 Å². The number of hydrogen-bond donors (Lipinski definition) is 1. The van der Waals surface area contributed by atoms with E-state index in [-0.39, 0.29) is 0 Å². The molecule has 3 nitrogen and oxygen atoms in total.